The van der Waals surface area contributed by atoms with Crippen molar-refractivity contribution < 1.29 is 14.5 Å². The highest BCUT2D eigenvalue weighted by atomic mass is 16.6. The summed E-state index contributed by atoms with van der Waals surface area (Å²) in [7, 11) is 0. The quantitative estimate of drug-likeness (QED) is 0.599. The summed E-state index contributed by atoms with van der Waals surface area (Å²) < 4.78 is 5.36. The Morgan fingerprint density at radius 3 is 2.25 bits per heavy atom. The second-order valence-corrected chi connectivity index (χ2v) is 5.12. The molecule has 2 aromatic rings. The molecule has 0 heterocycles. The molecule has 1 amide bonds. The second kappa shape index (κ2) is 7.96. The third-order valence-electron chi connectivity index (χ3n) is 3.29. The Balaban J connectivity index is 1.92. The molecule has 0 radical (unpaired) electrons. The molecule has 0 fully saturated rings. The first kappa shape index (κ1) is 17.3. The van der Waals surface area contributed by atoms with E-state index in [1.165, 1.54) is 24.3 Å². The summed E-state index contributed by atoms with van der Waals surface area (Å²) in [6.45, 7) is 4.24. The maximum Gasteiger partial charge on any atom is 0.269 e. The molecule has 0 aliphatic heterocycles. The minimum absolute atomic E-state index is 0.0199. The smallest absolute Gasteiger partial charge is 0.269 e. The number of nitrogens with one attached hydrogen (secondary N) is 2. The second-order valence-electron chi connectivity index (χ2n) is 5.12. The maximum atomic E-state index is 12.2. The Bertz CT molecular complexity index is 699. The first-order valence-electron chi connectivity index (χ1n) is 7.54. The molecule has 126 valence electrons. The van der Waals surface area contributed by atoms with Crippen LogP contribution in [0.3, 0.4) is 0 Å². The van der Waals surface area contributed by atoms with Crippen molar-refractivity contribution in [3.63, 3.8) is 0 Å². The van der Waals surface area contributed by atoms with Crippen molar-refractivity contribution in [1.29, 1.82) is 0 Å². The van der Waals surface area contributed by atoms with E-state index < -0.39 is 11.0 Å². The number of nitro benzene ring substituents is 1. The molecule has 1 atom stereocenters. The first-order valence-corrected chi connectivity index (χ1v) is 7.54. The summed E-state index contributed by atoms with van der Waals surface area (Å²) in [6, 6.07) is 12.5. The van der Waals surface area contributed by atoms with Crippen LogP contribution in [0.25, 0.3) is 0 Å². The van der Waals surface area contributed by atoms with E-state index in [9.17, 15) is 14.9 Å². The van der Waals surface area contributed by atoms with Gasteiger partial charge < -0.3 is 15.4 Å². The van der Waals surface area contributed by atoms with Crippen molar-refractivity contribution in [2.75, 3.05) is 17.2 Å². The lowest BCUT2D eigenvalue weighted by Crippen LogP contribution is -2.31. The van der Waals surface area contributed by atoms with Crippen LogP contribution in [-0.2, 0) is 4.79 Å². The van der Waals surface area contributed by atoms with Crippen LogP contribution in [-0.4, -0.2) is 23.5 Å². The fourth-order valence-corrected chi connectivity index (χ4v) is 2.05. The van der Waals surface area contributed by atoms with Gasteiger partial charge in [-0.25, -0.2) is 0 Å². The fourth-order valence-electron chi connectivity index (χ4n) is 2.05. The molecule has 0 aromatic heterocycles. The van der Waals surface area contributed by atoms with Gasteiger partial charge in [0.25, 0.3) is 5.69 Å². The zero-order valence-corrected chi connectivity index (χ0v) is 13.5. The minimum Gasteiger partial charge on any atom is -0.494 e. The lowest BCUT2D eigenvalue weighted by atomic mass is 10.2. The van der Waals surface area contributed by atoms with Crippen molar-refractivity contribution in [1.82, 2.24) is 0 Å². The lowest BCUT2D eigenvalue weighted by molar-refractivity contribution is -0.384. The molecule has 24 heavy (non-hydrogen) atoms. The molecule has 0 saturated carbocycles. The Labute approximate surface area is 139 Å². The van der Waals surface area contributed by atoms with Crippen LogP contribution >= 0.6 is 0 Å². The normalized spacial score (nSPS) is 11.4. The Kier molecular flexibility index (Phi) is 5.73. The summed E-state index contributed by atoms with van der Waals surface area (Å²) in [5.74, 6) is 0.531. The Morgan fingerprint density at radius 1 is 1.12 bits per heavy atom. The van der Waals surface area contributed by atoms with Crippen LogP contribution in [0.5, 0.6) is 5.75 Å². The van der Waals surface area contributed by atoms with Crippen LogP contribution in [0, 0.1) is 10.1 Å². The molecule has 2 rings (SSSR count). The number of hydrogen-bond donors (Lipinski definition) is 2. The molecule has 7 heteroatoms. The number of nitrogens with zero attached hydrogens (tertiary/aromatic N) is 1. The summed E-state index contributed by atoms with van der Waals surface area (Å²) in [5, 5.41) is 16.4. The summed E-state index contributed by atoms with van der Waals surface area (Å²) in [5.41, 5.74) is 1.28. The number of carbonyl (C=O) groups is 1. The number of anilines is 2. The van der Waals surface area contributed by atoms with E-state index in [1.807, 2.05) is 31.2 Å². The highest BCUT2D eigenvalue weighted by Gasteiger charge is 2.13. The van der Waals surface area contributed by atoms with Gasteiger partial charge in [-0.3, -0.25) is 14.9 Å². The number of benzene rings is 2. The largest absolute Gasteiger partial charge is 0.494 e. The molecule has 2 N–H and O–H groups in total. The molecule has 0 spiro atoms. The summed E-state index contributed by atoms with van der Waals surface area (Å²) in [6.07, 6.45) is 0. The van der Waals surface area contributed by atoms with E-state index in [4.69, 9.17) is 4.74 Å². The first-order chi connectivity index (χ1) is 11.5. The SMILES string of the molecule is CCOc1ccc(NC(C)C(=O)Nc2ccc([N+](=O)[O-])cc2)cc1. The fraction of sp³-hybridized carbons (Fsp3) is 0.235. The molecule has 2 aromatic carbocycles. The standard InChI is InChI=1S/C17H19N3O4/c1-3-24-16-10-6-13(7-11-16)18-12(2)17(21)19-14-4-8-15(9-5-14)20(22)23/h4-12,18H,3H2,1-2H3,(H,19,21). The molecule has 7 nitrogen and oxygen atoms in total. The number of hydrogen-bond acceptors (Lipinski definition) is 5. The lowest BCUT2D eigenvalue weighted by Gasteiger charge is -2.15. The van der Waals surface area contributed by atoms with Crippen LogP contribution in [0.2, 0.25) is 0 Å². The van der Waals surface area contributed by atoms with Gasteiger partial charge in [0.2, 0.25) is 5.91 Å². The number of carbonyl (C=O) groups excluding carboxylic acids is 1. The number of nitro groups is 1. The molecule has 0 bridgehead atoms. The third-order valence-corrected chi connectivity index (χ3v) is 3.29. The number of ether oxygens (including phenoxy) is 1. The van der Waals surface area contributed by atoms with Gasteiger partial charge in [-0.1, -0.05) is 0 Å². The van der Waals surface area contributed by atoms with Crippen molar-refractivity contribution in [3.05, 3.63) is 58.6 Å². The van der Waals surface area contributed by atoms with E-state index in [2.05, 4.69) is 10.6 Å². The maximum absolute atomic E-state index is 12.2. The van der Waals surface area contributed by atoms with E-state index in [-0.39, 0.29) is 11.6 Å². The molecular weight excluding hydrogens is 310 g/mol. The Hall–Kier alpha value is -3.09. The van der Waals surface area contributed by atoms with Crippen LogP contribution in [0.15, 0.2) is 48.5 Å². The highest BCUT2D eigenvalue weighted by molar-refractivity contribution is 5.96. The van der Waals surface area contributed by atoms with Crippen LogP contribution in [0.4, 0.5) is 17.1 Å². The van der Waals surface area contributed by atoms with Gasteiger partial charge in [-0.05, 0) is 50.2 Å². The third kappa shape index (κ3) is 4.70. The van der Waals surface area contributed by atoms with Crippen LogP contribution in [0.1, 0.15) is 13.8 Å². The molecular formula is C17H19N3O4. The number of amides is 1. The predicted molar refractivity (Wildman–Crippen MR) is 92.4 cm³/mol. The molecule has 1 unspecified atom stereocenters. The zero-order chi connectivity index (χ0) is 17.5. The average Bonchev–Trinajstić information content (AvgIpc) is 2.57. The van der Waals surface area contributed by atoms with E-state index in [0.717, 1.165) is 11.4 Å². The van der Waals surface area contributed by atoms with Crippen molar-refractivity contribution in [2.45, 2.75) is 19.9 Å². The molecule has 0 saturated heterocycles. The van der Waals surface area contributed by atoms with E-state index in [1.54, 1.807) is 6.92 Å². The van der Waals surface area contributed by atoms with Crippen molar-refractivity contribution in [3.8, 4) is 5.75 Å². The van der Waals surface area contributed by atoms with Gasteiger partial charge >= 0.3 is 0 Å². The topological polar surface area (TPSA) is 93.5 Å². The predicted octanol–water partition coefficient (Wildman–Crippen LogP) is 3.43. The van der Waals surface area contributed by atoms with Gasteiger partial charge in [0.1, 0.15) is 11.8 Å². The van der Waals surface area contributed by atoms with Crippen LogP contribution < -0.4 is 15.4 Å². The highest BCUT2D eigenvalue weighted by Crippen LogP contribution is 2.18. The van der Waals surface area contributed by atoms with Gasteiger partial charge in [0.15, 0.2) is 0 Å². The van der Waals surface area contributed by atoms with Crippen molar-refractivity contribution in [2.24, 2.45) is 0 Å². The molecule has 0 aliphatic carbocycles. The number of non-ortho nitro benzene ring substituents is 1. The van der Waals surface area contributed by atoms with Gasteiger partial charge in [0, 0.05) is 23.5 Å². The summed E-state index contributed by atoms with van der Waals surface area (Å²) in [4.78, 5) is 22.3. The summed E-state index contributed by atoms with van der Waals surface area (Å²) >= 11 is 0. The Morgan fingerprint density at radius 2 is 1.71 bits per heavy atom. The zero-order valence-electron chi connectivity index (χ0n) is 13.5. The van der Waals surface area contributed by atoms with Gasteiger partial charge in [-0.2, -0.15) is 0 Å². The van der Waals surface area contributed by atoms with Crippen molar-refractivity contribution >= 4 is 23.0 Å². The minimum atomic E-state index is -0.484. The monoisotopic (exact) mass is 329 g/mol. The van der Waals surface area contributed by atoms with E-state index in [0.29, 0.717) is 12.3 Å². The average molecular weight is 329 g/mol. The molecule has 0 aliphatic rings. The number of rotatable bonds is 7. The van der Waals surface area contributed by atoms with E-state index >= 15 is 0 Å². The van der Waals surface area contributed by atoms with Gasteiger partial charge in [-0.15, -0.1) is 0 Å². The van der Waals surface area contributed by atoms with Gasteiger partial charge in [0.05, 0.1) is 11.5 Å².